The highest BCUT2D eigenvalue weighted by Gasteiger charge is 2.35. The van der Waals surface area contributed by atoms with Gasteiger partial charge in [0.25, 0.3) is 0 Å². The van der Waals surface area contributed by atoms with E-state index in [0.717, 1.165) is 24.5 Å². The van der Waals surface area contributed by atoms with Crippen molar-refractivity contribution in [1.29, 1.82) is 0 Å². The van der Waals surface area contributed by atoms with Crippen molar-refractivity contribution in [2.24, 2.45) is 5.92 Å². The van der Waals surface area contributed by atoms with Crippen molar-refractivity contribution in [1.82, 2.24) is 9.88 Å². The first-order valence-electron chi connectivity index (χ1n) is 5.03. The van der Waals surface area contributed by atoms with Gasteiger partial charge in [0.2, 0.25) is 0 Å². The van der Waals surface area contributed by atoms with Crippen LogP contribution in [0.5, 0.6) is 0 Å². The first kappa shape index (κ1) is 10.6. The molecule has 2 unspecified atom stereocenters. The second-order valence-corrected chi connectivity index (χ2v) is 4.85. The Balaban J connectivity index is 1.98. The van der Waals surface area contributed by atoms with Crippen molar-refractivity contribution in [2.45, 2.75) is 25.9 Å². The van der Waals surface area contributed by atoms with Gasteiger partial charge in [0.05, 0.1) is 12.5 Å². The minimum atomic E-state index is -0.677. The highest BCUT2D eigenvalue weighted by atomic mass is 32.1. The largest absolute Gasteiger partial charge is 0.481 e. The molecule has 0 aromatic carbocycles. The minimum absolute atomic E-state index is 0.117. The zero-order chi connectivity index (χ0) is 10.8. The molecular weight excluding hydrogens is 212 g/mol. The molecule has 1 aromatic heterocycles. The van der Waals surface area contributed by atoms with Crippen molar-refractivity contribution < 1.29 is 9.90 Å². The number of aromatic nitrogens is 1. The second kappa shape index (κ2) is 4.28. The molecule has 15 heavy (non-hydrogen) atoms. The van der Waals surface area contributed by atoms with Crippen LogP contribution >= 0.6 is 11.3 Å². The van der Waals surface area contributed by atoms with E-state index in [-0.39, 0.29) is 12.0 Å². The van der Waals surface area contributed by atoms with Crippen LogP contribution in [0.25, 0.3) is 0 Å². The SMILES string of the molecule is CC1C(C(=O)O)CCN1Cc1nccs1. The summed E-state index contributed by atoms with van der Waals surface area (Å²) >= 11 is 1.62. The van der Waals surface area contributed by atoms with Crippen molar-refractivity contribution >= 4 is 17.3 Å². The molecule has 1 N–H and O–H groups in total. The van der Waals surface area contributed by atoms with Gasteiger partial charge in [0.1, 0.15) is 5.01 Å². The highest BCUT2D eigenvalue weighted by molar-refractivity contribution is 7.09. The molecular formula is C10H14N2O2S. The summed E-state index contributed by atoms with van der Waals surface area (Å²) in [5.41, 5.74) is 0. The van der Waals surface area contributed by atoms with Gasteiger partial charge in [-0.05, 0) is 19.9 Å². The third-order valence-electron chi connectivity index (χ3n) is 3.02. The van der Waals surface area contributed by atoms with E-state index in [9.17, 15) is 4.79 Å². The summed E-state index contributed by atoms with van der Waals surface area (Å²) < 4.78 is 0. The first-order valence-corrected chi connectivity index (χ1v) is 5.91. The predicted octanol–water partition coefficient (Wildman–Crippen LogP) is 1.44. The Bertz CT molecular complexity index is 339. The molecule has 0 aliphatic carbocycles. The van der Waals surface area contributed by atoms with Crippen LogP contribution in [0.3, 0.4) is 0 Å². The van der Waals surface area contributed by atoms with Crippen LogP contribution < -0.4 is 0 Å². The van der Waals surface area contributed by atoms with Gasteiger partial charge in [0.15, 0.2) is 0 Å². The van der Waals surface area contributed by atoms with Gasteiger partial charge >= 0.3 is 5.97 Å². The number of carboxylic acids is 1. The maximum atomic E-state index is 10.9. The average molecular weight is 226 g/mol. The molecule has 2 rings (SSSR count). The number of hydrogen-bond acceptors (Lipinski definition) is 4. The molecule has 2 atom stereocenters. The molecule has 1 aliphatic heterocycles. The quantitative estimate of drug-likeness (QED) is 0.847. The Morgan fingerprint density at radius 3 is 3.13 bits per heavy atom. The molecule has 1 fully saturated rings. The number of aliphatic carboxylic acids is 1. The molecule has 4 nitrogen and oxygen atoms in total. The fourth-order valence-corrected chi connectivity index (χ4v) is 2.70. The van der Waals surface area contributed by atoms with Crippen LogP contribution in [0, 0.1) is 5.92 Å². The number of carboxylic acid groups (broad SMARTS) is 1. The lowest BCUT2D eigenvalue weighted by atomic mass is 10.0. The van der Waals surface area contributed by atoms with Crippen LogP contribution in [0.15, 0.2) is 11.6 Å². The number of carbonyl (C=O) groups is 1. The normalized spacial score (nSPS) is 27.0. The van der Waals surface area contributed by atoms with Crippen molar-refractivity contribution in [3.63, 3.8) is 0 Å². The third-order valence-corrected chi connectivity index (χ3v) is 3.79. The summed E-state index contributed by atoms with van der Waals surface area (Å²) in [6.45, 7) is 3.62. The minimum Gasteiger partial charge on any atom is -0.481 e. The van der Waals surface area contributed by atoms with Gasteiger partial charge in [-0.1, -0.05) is 0 Å². The fourth-order valence-electron chi connectivity index (χ4n) is 2.06. The number of thiazole rings is 1. The number of nitrogens with zero attached hydrogens (tertiary/aromatic N) is 2. The highest BCUT2D eigenvalue weighted by Crippen LogP contribution is 2.26. The second-order valence-electron chi connectivity index (χ2n) is 3.87. The molecule has 1 saturated heterocycles. The zero-order valence-electron chi connectivity index (χ0n) is 8.59. The first-order chi connectivity index (χ1) is 7.18. The summed E-state index contributed by atoms with van der Waals surface area (Å²) in [7, 11) is 0. The van der Waals surface area contributed by atoms with Gasteiger partial charge in [-0.2, -0.15) is 0 Å². The molecule has 0 spiro atoms. The Labute approximate surface area is 92.6 Å². The molecule has 0 bridgehead atoms. The Kier molecular flexibility index (Phi) is 3.02. The third kappa shape index (κ3) is 2.18. The van der Waals surface area contributed by atoms with Crippen LogP contribution in [0.4, 0.5) is 0 Å². The molecule has 82 valence electrons. The molecule has 1 aromatic rings. The van der Waals surface area contributed by atoms with Gasteiger partial charge < -0.3 is 5.11 Å². The van der Waals surface area contributed by atoms with Crippen molar-refractivity contribution in [2.75, 3.05) is 6.54 Å². The van der Waals surface area contributed by atoms with E-state index in [1.165, 1.54) is 0 Å². The van der Waals surface area contributed by atoms with Crippen LogP contribution in [-0.4, -0.2) is 33.5 Å². The standard InChI is InChI=1S/C10H14N2O2S/c1-7-8(10(13)14)2-4-12(7)6-9-11-3-5-15-9/h3,5,7-8H,2,4,6H2,1H3,(H,13,14). The lowest BCUT2D eigenvalue weighted by Crippen LogP contribution is -2.32. The van der Waals surface area contributed by atoms with E-state index in [1.807, 2.05) is 12.3 Å². The van der Waals surface area contributed by atoms with E-state index in [2.05, 4.69) is 9.88 Å². The zero-order valence-corrected chi connectivity index (χ0v) is 9.41. The summed E-state index contributed by atoms with van der Waals surface area (Å²) in [4.78, 5) is 17.3. The van der Waals surface area contributed by atoms with E-state index in [4.69, 9.17) is 5.11 Å². The van der Waals surface area contributed by atoms with Gasteiger partial charge in [-0.25, -0.2) is 4.98 Å². The van der Waals surface area contributed by atoms with Gasteiger partial charge in [-0.3, -0.25) is 9.69 Å². The van der Waals surface area contributed by atoms with Crippen molar-refractivity contribution in [3.8, 4) is 0 Å². The van der Waals surface area contributed by atoms with Gasteiger partial charge in [-0.15, -0.1) is 11.3 Å². The maximum Gasteiger partial charge on any atom is 0.308 e. The number of hydrogen-bond donors (Lipinski definition) is 1. The predicted molar refractivity (Wildman–Crippen MR) is 57.7 cm³/mol. The van der Waals surface area contributed by atoms with E-state index in [1.54, 1.807) is 17.5 Å². The smallest absolute Gasteiger partial charge is 0.308 e. The number of rotatable bonds is 3. The topological polar surface area (TPSA) is 53.4 Å². The Morgan fingerprint density at radius 1 is 1.80 bits per heavy atom. The number of likely N-dealkylation sites (tertiary alicyclic amines) is 1. The molecule has 0 saturated carbocycles. The summed E-state index contributed by atoms with van der Waals surface area (Å²) in [5, 5.41) is 12.0. The van der Waals surface area contributed by atoms with Crippen molar-refractivity contribution in [3.05, 3.63) is 16.6 Å². The van der Waals surface area contributed by atoms with Crippen LogP contribution in [-0.2, 0) is 11.3 Å². The summed E-state index contributed by atoms with van der Waals surface area (Å²) in [5.74, 6) is -0.894. The Morgan fingerprint density at radius 2 is 2.60 bits per heavy atom. The molecule has 5 heteroatoms. The van der Waals surface area contributed by atoms with Crippen LogP contribution in [0.1, 0.15) is 18.4 Å². The van der Waals surface area contributed by atoms with E-state index < -0.39 is 5.97 Å². The molecule has 0 amide bonds. The monoisotopic (exact) mass is 226 g/mol. The van der Waals surface area contributed by atoms with Gasteiger partial charge in [0, 0.05) is 17.6 Å². The molecule has 2 heterocycles. The summed E-state index contributed by atoms with van der Waals surface area (Å²) in [6.07, 6.45) is 2.54. The van der Waals surface area contributed by atoms with E-state index in [0.29, 0.717) is 0 Å². The average Bonchev–Trinajstić information content (AvgIpc) is 2.78. The lowest BCUT2D eigenvalue weighted by Gasteiger charge is -2.21. The Hall–Kier alpha value is -0.940. The molecule has 1 aliphatic rings. The molecule has 0 radical (unpaired) electrons. The van der Waals surface area contributed by atoms with Crippen LogP contribution in [0.2, 0.25) is 0 Å². The maximum absolute atomic E-state index is 10.9. The van der Waals surface area contributed by atoms with E-state index >= 15 is 0 Å². The lowest BCUT2D eigenvalue weighted by molar-refractivity contribution is -0.142. The summed E-state index contributed by atoms with van der Waals surface area (Å²) in [6, 6.07) is 0.117. The fraction of sp³-hybridized carbons (Fsp3) is 0.600.